The van der Waals surface area contributed by atoms with Crippen molar-refractivity contribution in [2.45, 2.75) is 70.7 Å². The molecule has 0 aliphatic rings. The van der Waals surface area contributed by atoms with Gasteiger partial charge >= 0.3 is 0 Å². The van der Waals surface area contributed by atoms with Crippen LogP contribution < -0.4 is 0 Å². The van der Waals surface area contributed by atoms with E-state index in [9.17, 15) is 0 Å². The lowest BCUT2D eigenvalue weighted by atomic mass is 10.2. The molecule has 0 rings (SSSR count). The molecule has 0 aromatic heterocycles. The lowest BCUT2D eigenvalue weighted by Gasteiger charge is -1.90. The third-order valence-electron chi connectivity index (χ3n) is 0.816. The maximum atomic E-state index is 2.22. The quantitative estimate of drug-likeness (QED) is 0.480. The molecule has 0 bridgehead atoms. The molecule has 12 heavy (non-hydrogen) atoms. The molecule has 0 N–H and O–H groups in total. The summed E-state index contributed by atoms with van der Waals surface area (Å²) in [4.78, 5) is 0. The second-order valence-electron chi connectivity index (χ2n) is 1.80. The van der Waals surface area contributed by atoms with Crippen molar-refractivity contribution < 1.29 is 0 Å². The van der Waals surface area contributed by atoms with Crippen molar-refractivity contribution >= 4 is 8.41 Å². The molecule has 0 saturated heterocycles. The molecule has 0 amide bonds. The van der Waals surface area contributed by atoms with Crippen LogP contribution in [0.15, 0.2) is 0 Å². The largest absolute Gasteiger partial charge is 0.0776 e. The zero-order valence-corrected chi connectivity index (χ0v) is 6.86. The van der Waals surface area contributed by atoms with Gasteiger partial charge in [0.15, 0.2) is 0 Å². The van der Waals surface area contributed by atoms with Gasteiger partial charge in [0, 0.05) is 8.41 Å². The Hall–Kier alpha value is 0.0649. The normalized spacial score (nSPS) is 4.50. The molecule has 0 nitrogen and oxygen atoms in total. The fraction of sp³-hybridized carbons (Fsp3) is 1.00. The van der Waals surface area contributed by atoms with Crippen LogP contribution in [0.1, 0.15) is 70.7 Å². The van der Waals surface area contributed by atoms with Crippen LogP contribution in [-0.4, -0.2) is 8.41 Å². The Morgan fingerprint density at radius 3 is 0.917 bits per heavy atom. The molecular formula is C11H34B. The van der Waals surface area contributed by atoms with Gasteiger partial charge in [-0.15, -0.1) is 0 Å². The molecule has 0 heterocycles. The van der Waals surface area contributed by atoms with Gasteiger partial charge in [0.1, 0.15) is 0 Å². The van der Waals surface area contributed by atoms with E-state index in [1.165, 1.54) is 6.42 Å². The summed E-state index contributed by atoms with van der Waals surface area (Å²) < 4.78 is 0. The first-order chi connectivity index (χ1) is 3.27. The molecule has 0 atom stereocenters. The van der Waals surface area contributed by atoms with Gasteiger partial charge in [-0.05, 0) is 5.92 Å². The van der Waals surface area contributed by atoms with Crippen LogP contribution in [-0.2, 0) is 0 Å². The van der Waals surface area contributed by atoms with Gasteiger partial charge in [-0.1, -0.05) is 70.7 Å². The first-order valence-corrected chi connectivity index (χ1v) is 3.27. The van der Waals surface area contributed by atoms with E-state index < -0.39 is 0 Å². The molecule has 0 aliphatic heterocycles. The first-order valence-electron chi connectivity index (χ1n) is 3.27. The highest BCUT2D eigenvalue weighted by Gasteiger charge is 1.80. The van der Waals surface area contributed by atoms with Gasteiger partial charge in [0.25, 0.3) is 0 Å². The second kappa shape index (κ2) is 67.8. The minimum Gasteiger partial charge on any atom is -0.0776 e. The van der Waals surface area contributed by atoms with E-state index in [0.717, 1.165) is 5.92 Å². The maximum Gasteiger partial charge on any atom is 0 e. The number of rotatable bonds is 1. The minimum absolute atomic E-state index is 0. The Labute approximate surface area is 85.7 Å². The molecule has 0 aliphatic carbocycles. The predicted molar refractivity (Wildman–Crippen MR) is 69.2 cm³/mol. The summed E-state index contributed by atoms with van der Waals surface area (Å²) in [5, 5.41) is 0. The van der Waals surface area contributed by atoms with Gasteiger partial charge < -0.3 is 0 Å². The van der Waals surface area contributed by atoms with Crippen LogP contribution >= 0.6 is 0 Å². The highest BCUT2D eigenvalue weighted by Crippen LogP contribution is 1.93. The molecule has 0 aromatic rings. The molecular weight excluding hydrogens is 143 g/mol. The Balaban J connectivity index is -0.00000000671. The molecule has 81 valence electrons. The highest BCUT2D eigenvalue weighted by atomic mass is 13.9. The van der Waals surface area contributed by atoms with Crippen LogP contribution in [0.2, 0.25) is 0 Å². The lowest BCUT2D eigenvalue weighted by Crippen LogP contribution is -1.77. The van der Waals surface area contributed by atoms with E-state index in [1.807, 2.05) is 13.8 Å². The average molecular weight is 177 g/mol. The third-order valence-corrected chi connectivity index (χ3v) is 0.816. The van der Waals surface area contributed by atoms with E-state index in [0.29, 0.717) is 0 Å². The van der Waals surface area contributed by atoms with Crippen molar-refractivity contribution in [3.8, 4) is 0 Å². The van der Waals surface area contributed by atoms with E-state index >= 15 is 0 Å². The van der Waals surface area contributed by atoms with Crippen molar-refractivity contribution in [3.63, 3.8) is 0 Å². The van der Waals surface area contributed by atoms with Crippen LogP contribution in [0.5, 0.6) is 0 Å². The minimum atomic E-state index is 0. The van der Waals surface area contributed by atoms with E-state index in [1.54, 1.807) is 0 Å². The summed E-state index contributed by atoms with van der Waals surface area (Å²) in [5.41, 5.74) is 0. The Kier molecular flexibility index (Phi) is 326. The molecule has 0 saturated carbocycles. The van der Waals surface area contributed by atoms with Gasteiger partial charge in [0.2, 0.25) is 0 Å². The predicted octanol–water partition coefficient (Wildman–Crippen LogP) is 5.24. The zero-order valence-electron chi connectivity index (χ0n) is 6.86. The van der Waals surface area contributed by atoms with Gasteiger partial charge in [-0.25, -0.2) is 0 Å². The van der Waals surface area contributed by atoms with Crippen LogP contribution in [0.3, 0.4) is 0 Å². The van der Waals surface area contributed by atoms with Crippen LogP contribution in [0.25, 0.3) is 0 Å². The standard InChI is InChI=1S/C5H12.C2H6.4CH4.B/c1-4-5(2)3;1-2;;;;;/h5H,4H2,1-3H3;1-2H3;4*1H4;. The third kappa shape index (κ3) is 194. The molecule has 3 radical (unpaired) electrons. The summed E-state index contributed by atoms with van der Waals surface area (Å²) in [7, 11) is 0. The zero-order chi connectivity index (χ0) is 6.28. The summed E-state index contributed by atoms with van der Waals surface area (Å²) in [6.07, 6.45) is 1.31. The van der Waals surface area contributed by atoms with Crippen molar-refractivity contribution in [3.05, 3.63) is 0 Å². The van der Waals surface area contributed by atoms with E-state index in [4.69, 9.17) is 0 Å². The van der Waals surface area contributed by atoms with Crippen molar-refractivity contribution in [2.75, 3.05) is 0 Å². The van der Waals surface area contributed by atoms with Gasteiger partial charge in [-0.3, -0.25) is 0 Å². The fourth-order valence-electron chi connectivity index (χ4n) is 0. The Morgan fingerprint density at radius 2 is 0.917 bits per heavy atom. The Bertz CT molecular complexity index is 19.0. The topological polar surface area (TPSA) is 0 Å². The van der Waals surface area contributed by atoms with Crippen LogP contribution in [0.4, 0.5) is 0 Å². The summed E-state index contributed by atoms with van der Waals surface area (Å²) >= 11 is 0. The van der Waals surface area contributed by atoms with E-state index in [2.05, 4.69) is 20.8 Å². The van der Waals surface area contributed by atoms with E-state index in [-0.39, 0.29) is 38.1 Å². The SMILES string of the molecule is C.C.C.C.CC.CCC(C)C.[B]. The average Bonchev–Trinajstić information content (AvgIpc) is 1.73. The molecule has 0 aromatic carbocycles. The number of hydrogen-bond acceptors (Lipinski definition) is 0. The Morgan fingerprint density at radius 1 is 0.833 bits per heavy atom. The first kappa shape index (κ1) is 57.6. The summed E-state index contributed by atoms with van der Waals surface area (Å²) in [6.45, 7) is 10.6. The maximum absolute atomic E-state index is 2.22. The summed E-state index contributed by atoms with van der Waals surface area (Å²) in [5.74, 6) is 0.884. The van der Waals surface area contributed by atoms with Gasteiger partial charge in [0.05, 0.1) is 0 Å². The van der Waals surface area contributed by atoms with Crippen molar-refractivity contribution in [1.29, 1.82) is 0 Å². The van der Waals surface area contributed by atoms with Crippen molar-refractivity contribution in [2.24, 2.45) is 5.92 Å². The number of hydrogen-bond donors (Lipinski definition) is 0. The smallest absolute Gasteiger partial charge is 0 e. The monoisotopic (exact) mass is 177 g/mol. The molecule has 0 unspecified atom stereocenters. The molecule has 0 fully saturated rings. The van der Waals surface area contributed by atoms with Crippen molar-refractivity contribution in [1.82, 2.24) is 0 Å². The molecule has 0 spiro atoms. The summed E-state index contributed by atoms with van der Waals surface area (Å²) in [6, 6.07) is 0. The van der Waals surface area contributed by atoms with Crippen LogP contribution in [0, 0.1) is 5.92 Å². The lowest BCUT2D eigenvalue weighted by molar-refractivity contribution is 0.626. The van der Waals surface area contributed by atoms with Gasteiger partial charge in [-0.2, -0.15) is 0 Å². The molecule has 1 heteroatoms. The second-order valence-corrected chi connectivity index (χ2v) is 1.80. The highest BCUT2D eigenvalue weighted by molar-refractivity contribution is 5.75. The fourth-order valence-corrected chi connectivity index (χ4v) is 0.